The molecule has 2 amide bonds. The van der Waals surface area contributed by atoms with Crippen molar-refractivity contribution in [3.05, 3.63) is 84.2 Å². The number of amides is 2. The minimum Gasteiger partial charge on any atom is -0.478 e. The monoisotopic (exact) mass is 465 g/mol. The molecule has 0 radical (unpaired) electrons. The number of aromatic nitrogens is 3. The first-order chi connectivity index (χ1) is 15.9. The van der Waals surface area contributed by atoms with Crippen LogP contribution in [0.4, 0.5) is 5.69 Å². The van der Waals surface area contributed by atoms with Crippen molar-refractivity contribution >= 4 is 35.2 Å². The number of carboxylic acids is 1. The van der Waals surface area contributed by atoms with Gasteiger partial charge in [-0.25, -0.2) is 4.79 Å². The molecule has 0 aliphatic carbocycles. The fourth-order valence-electron chi connectivity index (χ4n) is 3.02. The van der Waals surface area contributed by atoms with Gasteiger partial charge >= 0.3 is 5.97 Å². The number of anilines is 1. The highest BCUT2D eigenvalue weighted by Gasteiger charge is 2.20. The number of aromatic carboxylic acids is 1. The van der Waals surface area contributed by atoms with Crippen LogP contribution in [0.3, 0.4) is 0 Å². The standard InChI is InChI=1S/C23H23N5O4S/c1-3-12-28-20(15(2)24-21(30)16-8-5-4-6-9-16)26-27-23(28)33-14-19(29)25-18-11-7-10-17(13-18)22(31)32/h3-11,13,15H,1,12,14H2,2H3,(H,24,30)(H,25,29)(H,31,32)/t15-/m1/s1. The second kappa shape index (κ2) is 11.1. The zero-order valence-electron chi connectivity index (χ0n) is 17.9. The Morgan fingerprint density at radius 3 is 2.55 bits per heavy atom. The lowest BCUT2D eigenvalue weighted by atomic mass is 10.2. The first-order valence-corrected chi connectivity index (χ1v) is 11.0. The van der Waals surface area contributed by atoms with Gasteiger partial charge in [-0.2, -0.15) is 0 Å². The second-order valence-corrected chi connectivity index (χ2v) is 7.97. The van der Waals surface area contributed by atoms with Gasteiger partial charge in [0.25, 0.3) is 5.91 Å². The van der Waals surface area contributed by atoms with E-state index in [-0.39, 0.29) is 23.1 Å². The number of rotatable bonds is 10. The highest BCUT2D eigenvalue weighted by molar-refractivity contribution is 7.99. The number of thioether (sulfide) groups is 1. The Balaban J connectivity index is 1.65. The number of carboxylic acid groups (broad SMARTS) is 1. The van der Waals surface area contributed by atoms with Gasteiger partial charge in [-0.05, 0) is 37.3 Å². The lowest BCUT2D eigenvalue weighted by Gasteiger charge is -2.15. The number of hydrogen-bond acceptors (Lipinski definition) is 6. The first-order valence-electron chi connectivity index (χ1n) is 10.0. The Morgan fingerprint density at radius 2 is 1.85 bits per heavy atom. The third-order valence-corrected chi connectivity index (χ3v) is 5.52. The van der Waals surface area contributed by atoms with Gasteiger partial charge in [-0.15, -0.1) is 16.8 Å². The number of carbonyl (C=O) groups is 3. The average molecular weight is 466 g/mol. The van der Waals surface area contributed by atoms with Gasteiger partial charge in [0, 0.05) is 17.8 Å². The van der Waals surface area contributed by atoms with Crippen LogP contribution < -0.4 is 10.6 Å². The molecule has 9 nitrogen and oxygen atoms in total. The third-order valence-electron chi connectivity index (χ3n) is 4.55. The summed E-state index contributed by atoms with van der Waals surface area (Å²) in [6.45, 7) is 5.97. The summed E-state index contributed by atoms with van der Waals surface area (Å²) in [7, 11) is 0. The van der Waals surface area contributed by atoms with Crippen molar-refractivity contribution in [2.75, 3.05) is 11.1 Å². The molecule has 3 N–H and O–H groups in total. The molecule has 3 rings (SSSR count). The smallest absolute Gasteiger partial charge is 0.335 e. The summed E-state index contributed by atoms with van der Waals surface area (Å²) in [4.78, 5) is 35.9. The van der Waals surface area contributed by atoms with E-state index in [0.717, 1.165) is 0 Å². The Hall–Kier alpha value is -3.92. The zero-order valence-corrected chi connectivity index (χ0v) is 18.7. The summed E-state index contributed by atoms with van der Waals surface area (Å²) in [5, 5.41) is 23.5. The summed E-state index contributed by atoms with van der Waals surface area (Å²) in [6, 6.07) is 14.5. The van der Waals surface area contributed by atoms with Crippen molar-refractivity contribution in [3.63, 3.8) is 0 Å². The molecule has 0 fully saturated rings. The molecule has 0 aliphatic heterocycles. The molecule has 0 bridgehead atoms. The van der Waals surface area contributed by atoms with Crippen molar-refractivity contribution < 1.29 is 19.5 Å². The van der Waals surface area contributed by atoms with Gasteiger partial charge < -0.3 is 20.3 Å². The van der Waals surface area contributed by atoms with Crippen LogP contribution in [0.5, 0.6) is 0 Å². The van der Waals surface area contributed by atoms with Crippen LogP contribution in [0.15, 0.2) is 72.4 Å². The summed E-state index contributed by atoms with van der Waals surface area (Å²) in [5.41, 5.74) is 1.02. The van der Waals surface area contributed by atoms with Crippen molar-refractivity contribution in [1.82, 2.24) is 20.1 Å². The van der Waals surface area contributed by atoms with Gasteiger partial charge in [0.15, 0.2) is 11.0 Å². The maximum absolute atomic E-state index is 12.5. The van der Waals surface area contributed by atoms with Gasteiger partial charge in [0.1, 0.15) is 0 Å². The lowest BCUT2D eigenvalue weighted by molar-refractivity contribution is -0.113. The highest BCUT2D eigenvalue weighted by Crippen LogP contribution is 2.21. The van der Waals surface area contributed by atoms with Crippen LogP contribution in [0.2, 0.25) is 0 Å². The van der Waals surface area contributed by atoms with Crippen LogP contribution in [0.25, 0.3) is 0 Å². The number of allylic oxidation sites excluding steroid dienone is 1. The van der Waals surface area contributed by atoms with E-state index in [1.54, 1.807) is 54.0 Å². The number of carbonyl (C=O) groups excluding carboxylic acids is 2. The molecule has 33 heavy (non-hydrogen) atoms. The van der Waals surface area contributed by atoms with Crippen LogP contribution in [-0.2, 0) is 11.3 Å². The third kappa shape index (κ3) is 6.30. The van der Waals surface area contributed by atoms with Gasteiger partial charge in [0.2, 0.25) is 5.91 Å². The van der Waals surface area contributed by atoms with Crippen LogP contribution in [-0.4, -0.2) is 43.4 Å². The van der Waals surface area contributed by atoms with Crippen LogP contribution in [0.1, 0.15) is 39.5 Å². The summed E-state index contributed by atoms with van der Waals surface area (Å²) in [5.74, 6) is -1.04. The maximum Gasteiger partial charge on any atom is 0.335 e. The molecular weight excluding hydrogens is 442 g/mol. The zero-order chi connectivity index (χ0) is 23.8. The van der Waals surface area contributed by atoms with Crippen LogP contribution >= 0.6 is 11.8 Å². The minimum absolute atomic E-state index is 0.0390. The molecule has 0 saturated carbocycles. The molecule has 2 aromatic carbocycles. The molecule has 0 saturated heterocycles. The van der Waals surface area contributed by atoms with Crippen molar-refractivity contribution in [2.45, 2.75) is 24.7 Å². The molecule has 10 heteroatoms. The number of nitrogens with zero attached hydrogens (tertiary/aromatic N) is 3. The minimum atomic E-state index is -1.07. The topological polar surface area (TPSA) is 126 Å². The molecule has 1 aromatic heterocycles. The fourth-order valence-corrected chi connectivity index (χ4v) is 3.77. The molecule has 1 heterocycles. The van der Waals surface area contributed by atoms with E-state index in [1.807, 2.05) is 6.07 Å². The number of hydrogen-bond donors (Lipinski definition) is 3. The normalized spacial score (nSPS) is 11.4. The molecule has 0 spiro atoms. The van der Waals surface area contributed by atoms with E-state index in [4.69, 9.17) is 5.11 Å². The largest absolute Gasteiger partial charge is 0.478 e. The molecule has 170 valence electrons. The van der Waals surface area contributed by atoms with Gasteiger partial charge in [-0.3, -0.25) is 9.59 Å². The Bertz CT molecular complexity index is 1160. The van der Waals surface area contributed by atoms with Gasteiger partial charge in [0.05, 0.1) is 17.4 Å². The van der Waals surface area contributed by atoms with Crippen molar-refractivity contribution in [3.8, 4) is 0 Å². The van der Waals surface area contributed by atoms with Crippen molar-refractivity contribution in [1.29, 1.82) is 0 Å². The van der Waals surface area contributed by atoms with Gasteiger partial charge in [-0.1, -0.05) is 42.1 Å². The van der Waals surface area contributed by atoms with E-state index >= 15 is 0 Å². The van der Waals surface area contributed by atoms with E-state index < -0.39 is 12.0 Å². The molecule has 0 unspecified atom stereocenters. The predicted octanol–water partition coefficient (Wildman–Crippen LogP) is 3.38. The quantitative estimate of drug-likeness (QED) is 0.309. The van der Waals surface area contributed by atoms with E-state index in [0.29, 0.717) is 28.8 Å². The molecule has 1 atom stereocenters. The summed E-state index contributed by atoms with van der Waals surface area (Å²) < 4.78 is 1.78. The number of nitrogens with one attached hydrogen (secondary N) is 2. The van der Waals surface area contributed by atoms with E-state index in [9.17, 15) is 14.4 Å². The maximum atomic E-state index is 12.5. The molecule has 0 aliphatic rings. The SMILES string of the molecule is C=CCn1c(SCC(=O)Nc2cccc(C(=O)O)c2)nnc1[C@@H](C)NC(=O)c1ccccc1. The number of benzene rings is 2. The first kappa shape index (κ1) is 23.7. The Morgan fingerprint density at radius 1 is 1.12 bits per heavy atom. The Labute approximate surface area is 194 Å². The highest BCUT2D eigenvalue weighted by atomic mass is 32.2. The second-order valence-electron chi connectivity index (χ2n) is 7.02. The van der Waals surface area contributed by atoms with E-state index in [2.05, 4.69) is 27.4 Å². The van der Waals surface area contributed by atoms with Crippen molar-refractivity contribution in [2.24, 2.45) is 0 Å². The summed E-state index contributed by atoms with van der Waals surface area (Å²) in [6.07, 6.45) is 1.68. The fraction of sp³-hybridized carbons (Fsp3) is 0.174. The summed E-state index contributed by atoms with van der Waals surface area (Å²) >= 11 is 1.18. The average Bonchev–Trinajstić information content (AvgIpc) is 3.21. The predicted molar refractivity (Wildman–Crippen MR) is 125 cm³/mol. The van der Waals surface area contributed by atoms with E-state index in [1.165, 1.54) is 23.9 Å². The molecule has 3 aromatic rings. The Kier molecular flexibility index (Phi) is 7.98. The van der Waals surface area contributed by atoms with Crippen LogP contribution in [0, 0.1) is 0 Å². The molecular formula is C23H23N5O4S. The lowest BCUT2D eigenvalue weighted by Crippen LogP contribution is -2.28.